The van der Waals surface area contributed by atoms with Crippen molar-refractivity contribution in [3.8, 4) is 11.5 Å². The molecule has 374 valence electrons. The van der Waals surface area contributed by atoms with E-state index in [1.165, 1.54) is 16.6 Å². The first kappa shape index (κ1) is 49.7. The van der Waals surface area contributed by atoms with Gasteiger partial charge in [0.2, 0.25) is 0 Å². The molecule has 7 aromatic carbocycles. The fourth-order valence-electron chi connectivity index (χ4n) is 11.9. The van der Waals surface area contributed by atoms with E-state index >= 15 is 0 Å². The number of aliphatic imine (C=N–C) groups is 1. The monoisotopic (exact) mass is 973 g/mol. The summed E-state index contributed by atoms with van der Waals surface area (Å²) in [5.41, 5.74) is 8.89. The number of allylic oxidation sites excluding steroid dienone is 2. The quantitative estimate of drug-likeness (QED) is 0.0473. The Hall–Kier alpha value is -6.84. The van der Waals surface area contributed by atoms with Gasteiger partial charge in [0.25, 0.3) is 0 Å². The number of rotatable bonds is 19. The second kappa shape index (κ2) is 20.6. The highest BCUT2D eigenvalue weighted by Crippen LogP contribution is 2.53. The lowest BCUT2D eigenvalue weighted by atomic mass is 9.67. The minimum absolute atomic E-state index is 0.0409. The van der Waals surface area contributed by atoms with Gasteiger partial charge in [-0.05, 0) is 107 Å². The SMILES string of the molecule is COc1ccc(C(OCCCCCN2C(=CC3C(=O)C(=C(CCCCCO)C4=Nc5c(ccc6ccccc56)C4(C)C)C3O)C(C)(C)c3ccc4ccccc4c32)(c2ccccc2)c2ccc(OC)cc2)cc1. The van der Waals surface area contributed by atoms with Gasteiger partial charge in [-0.2, -0.15) is 0 Å². The third kappa shape index (κ3) is 8.87. The summed E-state index contributed by atoms with van der Waals surface area (Å²) in [6.45, 7) is 10.2. The number of ether oxygens (including phenoxy) is 3. The number of anilines is 1. The van der Waals surface area contributed by atoms with E-state index in [0.29, 0.717) is 25.0 Å². The Bertz CT molecular complexity index is 3190. The average molecular weight is 973 g/mol. The van der Waals surface area contributed by atoms with Gasteiger partial charge < -0.3 is 29.3 Å². The molecular formula is C65H68N2O6. The maximum atomic E-state index is 14.9. The Morgan fingerprint density at radius 2 is 1.22 bits per heavy atom. The molecule has 2 atom stereocenters. The molecule has 0 saturated heterocycles. The van der Waals surface area contributed by atoms with E-state index in [1.807, 2.05) is 42.5 Å². The van der Waals surface area contributed by atoms with Gasteiger partial charge in [0.15, 0.2) is 5.78 Å². The summed E-state index contributed by atoms with van der Waals surface area (Å²) in [4.78, 5) is 22.7. The van der Waals surface area contributed by atoms with E-state index in [2.05, 4.69) is 148 Å². The van der Waals surface area contributed by atoms with Crippen LogP contribution in [-0.2, 0) is 26.0 Å². The first-order chi connectivity index (χ1) is 35.4. The molecule has 1 saturated carbocycles. The van der Waals surface area contributed by atoms with Crippen LogP contribution in [0, 0.1) is 5.92 Å². The zero-order valence-electron chi connectivity index (χ0n) is 43.2. The highest BCUT2D eigenvalue weighted by molar-refractivity contribution is 6.21. The summed E-state index contributed by atoms with van der Waals surface area (Å²) in [7, 11) is 3.36. The van der Waals surface area contributed by atoms with Crippen LogP contribution in [0.4, 0.5) is 11.4 Å². The Morgan fingerprint density at radius 1 is 0.644 bits per heavy atom. The first-order valence-electron chi connectivity index (χ1n) is 26.1. The lowest BCUT2D eigenvalue weighted by Crippen LogP contribution is -2.47. The number of Topliss-reactive ketones (excluding diaryl/α,β-unsaturated/α-hetero) is 1. The van der Waals surface area contributed by atoms with Crippen LogP contribution >= 0.6 is 0 Å². The Balaban J connectivity index is 0.947. The van der Waals surface area contributed by atoms with E-state index in [-0.39, 0.29) is 12.4 Å². The number of carbonyl (C=O) groups is 1. The first-order valence-corrected chi connectivity index (χ1v) is 26.1. The largest absolute Gasteiger partial charge is 0.497 e. The van der Waals surface area contributed by atoms with Crippen LogP contribution in [0.15, 0.2) is 180 Å². The molecular weight excluding hydrogens is 905 g/mol. The second-order valence-corrected chi connectivity index (χ2v) is 21.0. The number of methoxy groups -OCH3 is 2. The van der Waals surface area contributed by atoms with Crippen LogP contribution < -0.4 is 14.4 Å². The maximum Gasteiger partial charge on any atom is 0.171 e. The smallest absolute Gasteiger partial charge is 0.171 e. The fraction of sp³-hybridized carbons (Fsp3) is 0.323. The zero-order valence-corrected chi connectivity index (χ0v) is 43.2. The van der Waals surface area contributed by atoms with Gasteiger partial charge in [-0.1, -0.05) is 168 Å². The number of hydrogen-bond donors (Lipinski definition) is 2. The van der Waals surface area contributed by atoms with Crippen molar-refractivity contribution >= 4 is 44.4 Å². The normalized spacial score (nSPS) is 19.0. The molecule has 1 aliphatic carbocycles. The lowest BCUT2D eigenvalue weighted by molar-refractivity contribution is -0.127. The molecule has 10 rings (SSSR count). The molecule has 7 aromatic rings. The van der Waals surface area contributed by atoms with Gasteiger partial charge in [-0.3, -0.25) is 9.79 Å². The van der Waals surface area contributed by atoms with Crippen molar-refractivity contribution in [2.75, 3.05) is 38.9 Å². The third-order valence-corrected chi connectivity index (χ3v) is 15.9. The molecule has 0 aromatic heterocycles. The van der Waals surface area contributed by atoms with Crippen LogP contribution in [0.25, 0.3) is 21.5 Å². The van der Waals surface area contributed by atoms with Gasteiger partial charge in [0, 0.05) is 52.6 Å². The van der Waals surface area contributed by atoms with Crippen molar-refractivity contribution in [3.63, 3.8) is 0 Å². The molecule has 2 heterocycles. The van der Waals surface area contributed by atoms with Crippen LogP contribution in [0.5, 0.6) is 11.5 Å². The highest BCUT2D eigenvalue weighted by Gasteiger charge is 2.50. The van der Waals surface area contributed by atoms with Gasteiger partial charge in [0.1, 0.15) is 17.1 Å². The topological polar surface area (TPSA) is 101 Å². The molecule has 3 aliphatic rings. The van der Waals surface area contributed by atoms with E-state index in [4.69, 9.17) is 19.2 Å². The van der Waals surface area contributed by atoms with Crippen LogP contribution in [0.2, 0.25) is 0 Å². The third-order valence-electron chi connectivity index (χ3n) is 15.9. The fourth-order valence-corrected chi connectivity index (χ4v) is 11.9. The molecule has 2 N–H and O–H groups in total. The number of nitrogens with zero attached hydrogens (tertiary/aromatic N) is 2. The van der Waals surface area contributed by atoms with Crippen molar-refractivity contribution in [1.29, 1.82) is 0 Å². The second-order valence-electron chi connectivity index (χ2n) is 21.0. The molecule has 0 amide bonds. The van der Waals surface area contributed by atoms with Crippen molar-refractivity contribution in [1.82, 2.24) is 0 Å². The summed E-state index contributed by atoms with van der Waals surface area (Å²) < 4.78 is 18.4. The van der Waals surface area contributed by atoms with Crippen molar-refractivity contribution in [2.24, 2.45) is 10.9 Å². The lowest BCUT2D eigenvalue weighted by Gasteiger charge is -2.38. The van der Waals surface area contributed by atoms with Crippen molar-refractivity contribution < 1.29 is 29.2 Å². The summed E-state index contributed by atoms with van der Waals surface area (Å²) in [5.74, 6) is 0.809. The predicted molar refractivity (Wildman–Crippen MR) is 296 cm³/mol. The van der Waals surface area contributed by atoms with E-state index < -0.39 is 28.5 Å². The molecule has 0 radical (unpaired) electrons. The van der Waals surface area contributed by atoms with Gasteiger partial charge in [0.05, 0.1) is 43.3 Å². The number of aliphatic hydroxyl groups excluding tert-OH is 2. The minimum atomic E-state index is -0.983. The number of carbonyl (C=O) groups excluding carboxylic acids is 1. The molecule has 1 fully saturated rings. The van der Waals surface area contributed by atoms with Crippen molar-refractivity contribution in [3.05, 3.63) is 202 Å². The van der Waals surface area contributed by atoms with E-state index in [1.54, 1.807) is 14.2 Å². The summed E-state index contributed by atoms with van der Waals surface area (Å²) in [6, 6.07) is 52.4. The zero-order chi connectivity index (χ0) is 50.9. The van der Waals surface area contributed by atoms with Crippen molar-refractivity contribution in [2.45, 2.75) is 95.2 Å². The van der Waals surface area contributed by atoms with Crippen LogP contribution in [0.1, 0.15) is 100 Å². The molecule has 2 unspecified atom stereocenters. The van der Waals surface area contributed by atoms with Crippen LogP contribution in [-0.4, -0.2) is 61.8 Å². The number of unbranched alkanes of at least 4 members (excludes halogenated alkanes) is 4. The van der Waals surface area contributed by atoms with Crippen LogP contribution in [0.3, 0.4) is 0 Å². The Labute approximate surface area is 430 Å². The number of fused-ring (bicyclic) bond motifs is 6. The predicted octanol–water partition coefficient (Wildman–Crippen LogP) is 13.6. The molecule has 73 heavy (non-hydrogen) atoms. The van der Waals surface area contributed by atoms with E-state index in [9.17, 15) is 15.0 Å². The molecule has 0 spiro atoms. The Morgan fingerprint density at radius 3 is 1.85 bits per heavy atom. The summed E-state index contributed by atoms with van der Waals surface area (Å²) in [5, 5.41) is 26.6. The molecule has 0 bridgehead atoms. The Kier molecular flexibility index (Phi) is 14.0. The molecule has 8 nitrogen and oxygen atoms in total. The number of ketones is 1. The van der Waals surface area contributed by atoms with E-state index in [0.717, 1.165) is 111 Å². The standard InChI is InChI=1S/C65H68N2O6/c1-63(2)55-38-28-44-21-14-16-25-51(44)59(55)67(39-17-9-19-41-73-65(45-22-10-7-11-23-45,46-29-33-48(71-5)34-30-46)47-31-35-49(72-6)36-32-47)56(63)42-53-60(69)57(61(53)70)52(26-12-8-18-40-68)62-64(3,4)54-37-27-43-20-13-15-24-50(43)58(54)66-62/h7,10-11,13-16,20-25,27-38,42,53,60,68-69H,8-9,12,17-19,26,39-41H2,1-6H3. The number of benzene rings is 7. The highest BCUT2D eigenvalue weighted by atomic mass is 16.5. The maximum absolute atomic E-state index is 14.9. The summed E-state index contributed by atoms with van der Waals surface area (Å²) >= 11 is 0. The minimum Gasteiger partial charge on any atom is -0.497 e. The van der Waals surface area contributed by atoms with Gasteiger partial charge in [-0.25, -0.2) is 0 Å². The molecule has 2 aliphatic heterocycles. The van der Waals surface area contributed by atoms with Gasteiger partial charge in [-0.15, -0.1) is 0 Å². The molecule has 8 heteroatoms. The number of aliphatic hydroxyl groups is 2. The summed E-state index contributed by atoms with van der Waals surface area (Å²) in [6.07, 6.45) is 6.56. The average Bonchev–Trinajstić information content (AvgIpc) is 3.83. The van der Waals surface area contributed by atoms with Gasteiger partial charge >= 0.3 is 0 Å². The number of hydrogen-bond acceptors (Lipinski definition) is 8.